The lowest BCUT2D eigenvalue weighted by Gasteiger charge is -2.17. The Hall–Kier alpha value is -0.870. The first-order chi connectivity index (χ1) is 7.36. The number of hydrogen-bond donors (Lipinski definition) is 2. The molecule has 2 heterocycles. The molecule has 0 spiro atoms. The molecule has 1 fully saturated rings. The quantitative estimate of drug-likeness (QED) is 0.806. The number of nitrogens with zero attached hydrogens (tertiary/aromatic N) is 2. The molecule has 0 radical (unpaired) electrons. The molecule has 1 atom stereocenters. The zero-order valence-electron chi connectivity index (χ0n) is 8.54. The van der Waals surface area contributed by atoms with E-state index in [0.29, 0.717) is 11.1 Å². The van der Waals surface area contributed by atoms with Gasteiger partial charge in [0.05, 0.1) is 6.20 Å². The highest BCUT2D eigenvalue weighted by Crippen LogP contribution is 2.18. The Kier molecular flexibility index (Phi) is 3.75. The summed E-state index contributed by atoms with van der Waals surface area (Å²) in [5.74, 6) is 0.736. The SMILES string of the molecule is Clc1cncnc1NC1CCCCNC1. The molecule has 1 unspecified atom stereocenters. The lowest BCUT2D eigenvalue weighted by molar-refractivity contribution is 0.633. The van der Waals surface area contributed by atoms with Gasteiger partial charge in [0.25, 0.3) is 0 Å². The lowest BCUT2D eigenvalue weighted by atomic mass is 10.1. The second-order valence-corrected chi connectivity index (χ2v) is 4.17. The van der Waals surface area contributed by atoms with Gasteiger partial charge in [-0.1, -0.05) is 18.0 Å². The van der Waals surface area contributed by atoms with Crippen LogP contribution in [0.15, 0.2) is 12.5 Å². The summed E-state index contributed by atoms with van der Waals surface area (Å²) in [6, 6.07) is 0.417. The first-order valence-electron chi connectivity index (χ1n) is 5.29. The number of anilines is 1. The molecular weight excluding hydrogens is 212 g/mol. The van der Waals surface area contributed by atoms with Crippen LogP contribution >= 0.6 is 11.6 Å². The molecule has 1 aromatic heterocycles. The fourth-order valence-corrected chi connectivity index (χ4v) is 1.91. The van der Waals surface area contributed by atoms with Crippen molar-refractivity contribution in [2.75, 3.05) is 18.4 Å². The van der Waals surface area contributed by atoms with Crippen LogP contribution in [0.5, 0.6) is 0 Å². The van der Waals surface area contributed by atoms with Gasteiger partial charge in [-0.25, -0.2) is 9.97 Å². The van der Waals surface area contributed by atoms with Gasteiger partial charge >= 0.3 is 0 Å². The largest absolute Gasteiger partial charge is 0.365 e. The molecule has 0 bridgehead atoms. The van der Waals surface area contributed by atoms with Crippen molar-refractivity contribution in [3.05, 3.63) is 17.5 Å². The third-order valence-electron chi connectivity index (χ3n) is 2.56. The van der Waals surface area contributed by atoms with Crippen LogP contribution in [0.25, 0.3) is 0 Å². The summed E-state index contributed by atoms with van der Waals surface area (Å²) in [5.41, 5.74) is 0. The second kappa shape index (κ2) is 5.28. The van der Waals surface area contributed by atoms with Crippen molar-refractivity contribution in [2.45, 2.75) is 25.3 Å². The first kappa shape index (κ1) is 10.6. The first-order valence-corrected chi connectivity index (χ1v) is 5.67. The molecule has 15 heavy (non-hydrogen) atoms. The molecule has 1 aliphatic rings. The minimum absolute atomic E-state index is 0.417. The highest BCUT2D eigenvalue weighted by atomic mass is 35.5. The van der Waals surface area contributed by atoms with Crippen LogP contribution in [0.4, 0.5) is 5.82 Å². The van der Waals surface area contributed by atoms with Crippen molar-refractivity contribution < 1.29 is 0 Å². The molecule has 82 valence electrons. The van der Waals surface area contributed by atoms with Crippen LogP contribution in [0.1, 0.15) is 19.3 Å². The highest BCUT2D eigenvalue weighted by Gasteiger charge is 2.13. The van der Waals surface area contributed by atoms with E-state index in [-0.39, 0.29) is 0 Å². The van der Waals surface area contributed by atoms with Gasteiger partial charge in [0.2, 0.25) is 0 Å². The molecular formula is C10H15ClN4. The van der Waals surface area contributed by atoms with E-state index in [1.165, 1.54) is 19.2 Å². The molecule has 2 rings (SSSR count). The molecule has 2 N–H and O–H groups in total. The van der Waals surface area contributed by atoms with Gasteiger partial charge in [0, 0.05) is 12.6 Å². The average molecular weight is 227 g/mol. The number of nitrogens with one attached hydrogen (secondary N) is 2. The van der Waals surface area contributed by atoms with E-state index >= 15 is 0 Å². The van der Waals surface area contributed by atoms with E-state index in [4.69, 9.17) is 11.6 Å². The van der Waals surface area contributed by atoms with Crippen molar-refractivity contribution in [3.8, 4) is 0 Å². The third kappa shape index (κ3) is 3.04. The number of hydrogen-bond acceptors (Lipinski definition) is 4. The van der Waals surface area contributed by atoms with Gasteiger partial charge in [0.1, 0.15) is 17.2 Å². The standard InChI is InChI=1S/C10H15ClN4/c11-9-6-13-7-14-10(9)15-8-3-1-2-4-12-5-8/h6-8,12H,1-5H2,(H,13,14,15). The van der Waals surface area contributed by atoms with Crippen LogP contribution < -0.4 is 10.6 Å². The summed E-state index contributed by atoms with van der Waals surface area (Å²) in [6.45, 7) is 2.08. The molecule has 1 saturated heterocycles. The molecule has 0 amide bonds. The second-order valence-electron chi connectivity index (χ2n) is 3.76. The zero-order valence-corrected chi connectivity index (χ0v) is 9.30. The lowest BCUT2D eigenvalue weighted by Crippen LogP contribution is -2.31. The molecule has 0 aromatic carbocycles. The van der Waals surface area contributed by atoms with Crippen molar-refractivity contribution in [1.29, 1.82) is 0 Å². The molecule has 5 heteroatoms. The average Bonchev–Trinajstić information content (AvgIpc) is 2.50. The van der Waals surface area contributed by atoms with Crippen LogP contribution in [-0.4, -0.2) is 29.1 Å². The molecule has 1 aromatic rings. The van der Waals surface area contributed by atoms with E-state index in [1.807, 2.05) is 0 Å². The monoisotopic (exact) mass is 226 g/mol. The van der Waals surface area contributed by atoms with E-state index in [0.717, 1.165) is 25.3 Å². The minimum Gasteiger partial charge on any atom is -0.365 e. The number of rotatable bonds is 2. The smallest absolute Gasteiger partial charge is 0.148 e. The van der Waals surface area contributed by atoms with Gasteiger partial charge in [-0.3, -0.25) is 0 Å². The zero-order chi connectivity index (χ0) is 10.5. The van der Waals surface area contributed by atoms with E-state index in [2.05, 4.69) is 20.6 Å². The number of aromatic nitrogens is 2. The fraction of sp³-hybridized carbons (Fsp3) is 0.600. The van der Waals surface area contributed by atoms with Gasteiger partial charge in [-0.15, -0.1) is 0 Å². The predicted octanol–water partition coefficient (Wildman–Crippen LogP) is 1.68. The summed E-state index contributed by atoms with van der Waals surface area (Å²) in [6.07, 6.45) is 6.77. The van der Waals surface area contributed by atoms with Crippen LogP contribution in [0.2, 0.25) is 5.02 Å². The van der Waals surface area contributed by atoms with Crippen LogP contribution in [0, 0.1) is 0 Å². The topological polar surface area (TPSA) is 49.8 Å². The highest BCUT2D eigenvalue weighted by molar-refractivity contribution is 6.32. The van der Waals surface area contributed by atoms with Crippen molar-refractivity contribution in [3.63, 3.8) is 0 Å². The summed E-state index contributed by atoms with van der Waals surface area (Å²) < 4.78 is 0. The molecule has 4 nitrogen and oxygen atoms in total. The van der Waals surface area contributed by atoms with Crippen molar-refractivity contribution in [2.24, 2.45) is 0 Å². The van der Waals surface area contributed by atoms with E-state index in [1.54, 1.807) is 6.20 Å². The van der Waals surface area contributed by atoms with Crippen molar-refractivity contribution >= 4 is 17.4 Å². The Labute approximate surface area is 94.5 Å². The molecule has 0 aliphatic carbocycles. The van der Waals surface area contributed by atoms with Gasteiger partial charge in [0.15, 0.2) is 0 Å². The third-order valence-corrected chi connectivity index (χ3v) is 2.83. The van der Waals surface area contributed by atoms with E-state index in [9.17, 15) is 0 Å². The van der Waals surface area contributed by atoms with Crippen LogP contribution in [0.3, 0.4) is 0 Å². The Morgan fingerprint density at radius 1 is 1.47 bits per heavy atom. The Morgan fingerprint density at radius 2 is 2.40 bits per heavy atom. The molecule has 0 saturated carbocycles. The Morgan fingerprint density at radius 3 is 3.27 bits per heavy atom. The fourth-order valence-electron chi connectivity index (χ4n) is 1.75. The minimum atomic E-state index is 0.417. The van der Waals surface area contributed by atoms with E-state index < -0.39 is 0 Å². The number of halogens is 1. The van der Waals surface area contributed by atoms with Gasteiger partial charge in [-0.05, 0) is 19.4 Å². The summed E-state index contributed by atoms with van der Waals surface area (Å²) in [5, 5.41) is 7.32. The van der Waals surface area contributed by atoms with Gasteiger partial charge < -0.3 is 10.6 Å². The van der Waals surface area contributed by atoms with Gasteiger partial charge in [-0.2, -0.15) is 0 Å². The van der Waals surface area contributed by atoms with Crippen LogP contribution in [-0.2, 0) is 0 Å². The maximum Gasteiger partial charge on any atom is 0.148 e. The maximum absolute atomic E-state index is 5.98. The maximum atomic E-state index is 5.98. The van der Waals surface area contributed by atoms with Crippen molar-refractivity contribution in [1.82, 2.24) is 15.3 Å². The normalized spacial score (nSPS) is 22.1. The Bertz CT molecular complexity index is 310. The summed E-state index contributed by atoms with van der Waals surface area (Å²) >= 11 is 5.98. The predicted molar refractivity (Wildman–Crippen MR) is 61.2 cm³/mol. The summed E-state index contributed by atoms with van der Waals surface area (Å²) in [7, 11) is 0. The summed E-state index contributed by atoms with van der Waals surface area (Å²) in [4.78, 5) is 7.98. The Balaban J connectivity index is 1.98. The molecule has 1 aliphatic heterocycles.